The Morgan fingerprint density at radius 1 is 1.50 bits per heavy atom. The Morgan fingerprint density at radius 3 is 2.71 bits per heavy atom. The second-order valence-electron chi connectivity index (χ2n) is 3.10. The molecule has 1 unspecified atom stereocenters. The number of allylic oxidation sites excluding steroid dienone is 2. The Morgan fingerprint density at radius 2 is 2.21 bits per heavy atom. The van der Waals surface area contributed by atoms with Gasteiger partial charge in [-0.25, -0.2) is 8.42 Å². The van der Waals surface area contributed by atoms with Crippen LogP contribution in [0, 0.1) is 0 Å². The first kappa shape index (κ1) is 11.2. The molecule has 80 valence electrons. The summed E-state index contributed by atoms with van der Waals surface area (Å²) < 4.78 is 31.0. The smallest absolute Gasteiger partial charge is 0.0972 e. The van der Waals surface area contributed by atoms with Gasteiger partial charge in [-0.2, -0.15) is 0 Å². The van der Waals surface area contributed by atoms with Gasteiger partial charge in [0.2, 0.25) is 0 Å². The van der Waals surface area contributed by atoms with E-state index in [0.717, 1.165) is 0 Å². The van der Waals surface area contributed by atoms with Crippen molar-refractivity contribution in [1.82, 2.24) is 4.90 Å². The van der Waals surface area contributed by atoms with Crippen LogP contribution in [0.3, 0.4) is 0 Å². The van der Waals surface area contributed by atoms with Crippen LogP contribution in [0.25, 0.3) is 0 Å². The summed E-state index contributed by atoms with van der Waals surface area (Å²) in [7, 11) is -4.34. The molecule has 0 saturated carbocycles. The Bertz CT molecular complexity index is 333. The molecular formula is C8H12NO4S-. The van der Waals surface area contributed by atoms with Crippen LogP contribution in [0.4, 0.5) is 0 Å². The van der Waals surface area contributed by atoms with Crippen LogP contribution in [0.15, 0.2) is 24.4 Å². The van der Waals surface area contributed by atoms with Gasteiger partial charge >= 0.3 is 0 Å². The molecule has 0 aromatic heterocycles. The van der Waals surface area contributed by atoms with E-state index >= 15 is 0 Å². The Labute approximate surface area is 83.1 Å². The first-order valence-electron chi connectivity index (χ1n) is 4.16. The quantitative estimate of drug-likeness (QED) is 0.630. The minimum absolute atomic E-state index is 0.155. The minimum Gasteiger partial charge on any atom is -0.748 e. The Hall–Kier alpha value is -0.850. The van der Waals surface area contributed by atoms with Crippen molar-refractivity contribution in [2.24, 2.45) is 0 Å². The van der Waals surface area contributed by atoms with Crippen LogP contribution < -0.4 is 0 Å². The number of β-amino-alcohol motifs (C(OH)–C–C–N with tert-alkyl or cyclic N) is 1. The lowest BCUT2D eigenvalue weighted by atomic mass is 10.3. The molecule has 0 radical (unpaired) electrons. The molecule has 1 aliphatic heterocycles. The lowest BCUT2D eigenvalue weighted by Crippen LogP contribution is -2.33. The van der Waals surface area contributed by atoms with Crippen molar-refractivity contribution in [3.63, 3.8) is 0 Å². The summed E-state index contributed by atoms with van der Waals surface area (Å²) in [6.45, 7) is 0.773. The highest BCUT2D eigenvalue weighted by Gasteiger charge is 2.11. The molecule has 1 atom stereocenters. The van der Waals surface area contributed by atoms with Crippen molar-refractivity contribution in [3.05, 3.63) is 24.4 Å². The van der Waals surface area contributed by atoms with E-state index < -0.39 is 22.0 Å². The average Bonchev–Trinajstić information content (AvgIpc) is 2.02. The standard InChI is InChI=1S/C8H13NO4S/c10-8(7-14(11,12)13)6-9-4-2-1-3-5-9/h1-4,8,10H,5-7H2,(H,11,12,13)/p-1. The van der Waals surface area contributed by atoms with Gasteiger partial charge < -0.3 is 14.6 Å². The lowest BCUT2D eigenvalue weighted by Gasteiger charge is -2.24. The zero-order valence-corrected chi connectivity index (χ0v) is 8.35. The van der Waals surface area contributed by atoms with E-state index in [1.54, 1.807) is 17.2 Å². The van der Waals surface area contributed by atoms with Crippen LogP contribution in [-0.2, 0) is 10.1 Å². The number of aliphatic hydroxyl groups excluding tert-OH is 1. The average molecular weight is 218 g/mol. The lowest BCUT2D eigenvalue weighted by molar-refractivity contribution is 0.156. The van der Waals surface area contributed by atoms with Crippen molar-refractivity contribution >= 4 is 10.1 Å². The molecule has 0 aromatic carbocycles. The summed E-state index contributed by atoms with van der Waals surface area (Å²) in [4.78, 5) is 1.73. The fraction of sp³-hybridized carbons (Fsp3) is 0.500. The molecule has 14 heavy (non-hydrogen) atoms. The molecule has 1 aliphatic rings. The van der Waals surface area contributed by atoms with Crippen molar-refractivity contribution in [3.8, 4) is 0 Å². The number of hydrogen-bond acceptors (Lipinski definition) is 5. The van der Waals surface area contributed by atoms with E-state index in [1.165, 1.54) is 0 Å². The Kier molecular flexibility index (Phi) is 3.68. The van der Waals surface area contributed by atoms with Gasteiger partial charge in [0.25, 0.3) is 0 Å². The fourth-order valence-corrected chi connectivity index (χ4v) is 1.78. The second-order valence-corrected chi connectivity index (χ2v) is 4.55. The van der Waals surface area contributed by atoms with Crippen LogP contribution in [0.1, 0.15) is 0 Å². The van der Waals surface area contributed by atoms with Gasteiger partial charge in [-0.15, -0.1) is 0 Å². The molecule has 0 spiro atoms. The van der Waals surface area contributed by atoms with Crippen LogP contribution in [-0.4, -0.2) is 47.9 Å². The van der Waals surface area contributed by atoms with Crippen LogP contribution >= 0.6 is 0 Å². The van der Waals surface area contributed by atoms with E-state index in [9.17, 15) is 18.1 Å². The normalized spacial score (nSPS) is 18.6. The molecule has 5 nitrogen and oxygen atoms in total. The summed E-state index contributed by atoms with van der Waals surface area (Å²) in [6.07, 6.45) is 6.11. The van der Waals surface area contributed by atoms with Gasteiger partial charge in [0, 0.05) is 13.1 Å². The van der Waals surface area contributed by atoms with Gasteiger partial charge in [-0.05, 0) is 12.3 Å². The van der Waals surface area contributed by atoms with Gasteiger partial charge in [0.1, 0.15) is 0 Å². The number of rotatable bonds is 4. The van der Waals surface area contributed by atoms with Crippen molar-refractivity contribution in [2.75, 3.05) is 18.8 Å². The topological polar surface area (TPSA) is 80.7 Å². The third-order valence-corrected chi connectivity index (χ3v) is 2.52. The largest absolute Gasteiger partial charge is 0.748 e. The van der Waals surface area contributed by atoms with Gasteiger partial charge in [-0.3, -0.25) is 0 Å². The van der Waals surface area contributed by atoms with Crippen molar-refractivity contribution < 1.29 is 18.1 Å². The van der Waals surface area contributed by atoms with Gasteiger partial charge in [0.05, 0.1) is 22.0 Å². The molecule has 1 N–H and O–H groups in total. The van der Waals surface area contributed by atoms with Crippen LogP contribution in [0.5, 0.6) is 0 Å². The predicted octanol–water partition coefficient (Wildman–Crippen LogP) is -0.722. The molecule has 0 fully saturated rings. The molecule has 0 amide bonds. The van der Waals surface area contributed by atoms with E-state index in [1.807, 2.05) is 12.2 Å². The molecule has 0 saturated heterocycles. The molecule has 6 heteroatoms. The molecule has 0 aromatic rings. The predicted molar refractivity (Wildman–Crippen MR) is 50.4 cm³/mol. The molecule has 0 aliphatic carbocycles. The molecule has 1 heterocycles. The highest BCUT2D eigenvalue weighted by molar-refractivity contribution is 7.85. The monoisotopic (exact) mass is 218 g/mol. The zero-order valence-electron chi connectivity index (χ0n) is 7.54. The van der Waals surface area contributed by atoms with Gasteiger partial charge in [0.15, 0.2) is 0 Å². The summed E-state index contributed by atoms with van der Waals surface area (Å²) in [5.41, 5.74) is 0. The minimum atomic E-state index is -4.34. The fourth-order valence-electron chi connectivity index (χ4n) is 1.20. The third-order valence-electron chi connectivity index (χ3n) is 1.73. The van der Waals surface area contributed by atoms with E-state index in [0.29, 0.717) is 6.54 Å². The zero-order chi connectivity index (χ0) is 10.6. The van der Waals surface area contributed by atoms with E-state index in [2.05, 4.69) is 0 Å². The SMILES string of the molecule is O=S(=O)([O-])CC(O)CN1C=CC=CC1. The third kappa shape index (κ3) is 4.40. The maximum Gasteiger partial charge on any atom is 0.0972 e. The maximum absolute atomic E-state index is 10.3. The van der Waals surface area contributed by atoms with Crippen molar-refractivity contribution in [2.45, 2.75) is 6.10 Å². The van der Waals surface area contributed by atoms with Gasteiger partial charge in [-0.1, -0.05) is 12.2 Å². The highest BCUT2D eigenvalue weighted by atomic mass is 32.2. The Balaban J connectivity index is 2.37. The maximum atomic E-state index is 10.3. The number of nitrogens with zero attached hydrogens (tertiary/aromatic N) is 1. The molecular weight excluding hydrogens is 206 g/mol. The van der Waals surface area contributed by atoms with E-state index in [-0.39, 0.29) is 6.54 Å². The summed E-state index contributed by atoms with van der Waals surface area (Å²) in [6, 6.07) is 0. The number of aliphatic hydroxyl groups is 1. The second kappa shape index (κ2) is 4.59. The summed E-state index contributed by atoms with van der Waals surface area (Å²) >= 11 is 0. The summed E-state index contributed by atoms with van der Waals surface area (Å²) in [5, 5.41) is 9.26. The summed E-state index contributed by atoms with van der Waals surface area (Å²) in [5.74, 6) is -0.735. The van der Waals surface area contributed by atoms with E-state index in [4.69, 9.17) is 0 Å². The molecule has 0 bridgehead atoms. The number of hydrogen-bond donors (Lipinski definition) is 1. The first-order valence-corrected chi connectivity index (χ1v) is 5.74. The van der Waals surface area contributed by atoms with Crippen molar-refractivity contribution in [1.29, 1.82) is 0 Å². The van der Waals surface area contributed by atoms with Crippen LogP contribution in [0.2, 0.25) is 0 Å². The first-order chi connectivity index (χ1) is 6.47. The highest BCUT2D eigenvalue weighted by Crippen LogP contribution is 2.01. The molecule has 1 rings (SSSR count).